The zero-order valence-electron chi connectivity index (χ0n) is 22.3. The number of pyridine rings is 1. The predicted octanol–water partition coefficient (Wildman–Crippen LogP) is 4.20. The smallest absolute Gasteiger partial charge is 0.240 e. The fourth-order valence-electron chi connectivity index (χ4n) is 5.30. The Kier molecular flexibility index (Phi) is 10.0. The number of benzene rings is 2. The Balaban J connectivity index is 0.00000387. The number of carbonyl (C=O) groups is 2. The normalized spacial score (nSPS) is 17.3. The van der Waals surface area contributed by atoms with Crippen molar-refractivity contribution < 1.29 is 9.59 Å². The Morgan fingerprint density at radius 3 is 2.24 bits per heavy atom. The first-order valence-corrected chi connectivity index (χ1v) is 13.7. The largest absolute Gasteiger partial charge is 0.368 e. The van der Waals surface area contributed by atoms with E-state index in [1.165, 1.54) is 0 Å². The Labute approximate surface area is 249 Å². The van der Waals surface area contributed by atoms with Gasteiger partial charge in [-0.3, -0.25) is 19.5 Å². The van der Waals surface area contributed by atoms with Gasteiger partial charge in [0.2, 0.25) is 17.6 Å². The minimum Gasteiger partial charge on any atom is -0.368 e. The Hall–Kier alpha value is -3.86. The summed E-state index contributed by atoms with van der Waals surface area (Å²) < 4.78 is 0. The van der Waals surface area contributed by atoms with E-state index in [9.17, 15) is 9.59 Å². The number of primary amides is 1. The molecule has 0 spiro atoms. The molecule has 4 aromatic rings. The third-order valence-electron chi connectivity index (χ3n) is 7.58. The van der Waals surface area contributed by atoms with Crippen LogP contribution in [0.25, 0.3) is 22.5 Å². The molecule has 2 aromatic carbocycles. The lowest BCUT2D eigenvalue weighted by Gasteiger charge is -2.35. The van der Waals surface area contributed by atoms with Crippen molar-refractivity contribution in [3.63, 3.8) is 0 Å². The van der Waals surface area contributed by atoms with Crippen LogP contribution >= 0.6 is 24.0 Å². The van der Waals surface area contributed by atoms with Gasteiger partial charge >= 0.3 is 0 Å². The number of nitrogens with two attached hydrogens (primary N) is 2. The van der Waals surface area contributed by atoms with Gasteiger partial charge in [0.25, 0.3) is 0 Å². The van der Waals surface area contributed by atoms with Gasteiger partial charge in [-0.25, -0.2) is 0 Å². The molecule has 0 saturated heterocycles. The molecule has 214 valence electrons. The SMILES string of the molecule is Cl.NC[C@H]1CC[C@H](C(=O)N(c2ccc(-c3nn[nH]n3)cc2)[C@@H](Cc2ccc(-c3cncc(Cl)c3)cc2)C(N)=O)CC1. The predicted molar refractivity (Wildman–Crippen MR) is 160 cm³/mol. The maximum atomic E-state index is 14.0. The Morgan fingerprint density at radius 2 is 1.66 bits per heavy atom. The summed E-state index contributed by atoms with van der Waals surface area (Å²) in [7, 11) is 0. The van der Waals surface area contributed by atoms with E-state index < -0.39 is 11.9 Å². The standard InChI is InChI=1S/C29H31ClN8O2.ClH/c30-24-14-23(16-33-17-24)20-5-1-18(2-6-20)13-26(27(32)39)38(29(40)22-7-3-19(15-31)4-8-22)25-11-9-21(10-12-25)28-34-36-37-35-28;/h1-2,5-6,9-12,14,16-17,19,22,26H,3-4,7-8,13,15,31H2,(H2,32,39)(H,34,35,36,37);1H/t19-,22-,26-;/m0./s1. The monoisotopic (exact) mass is 594 g/mol. The number of nitrogens with zero attached hydrogens (tertiary/aromatic N) is 5. The number of H-pyrrole nitrogens is 1. The number of aromatic nitrogens is 5. The van der Waals surface area contributed by atoms with Gasteiger partial charge in [0.1, 0.15) is 6.04 Å². The second kappa shape index (κ2) is 13.7. The molecule has 2 aromatic heterocycles. The summed E-state index contributed by atoms with van der Waals surface area (Å²) in [5.74, 6) is -0.0281. The van der Waals surface area contributed by atoms with Gasteiger partial charge in [-0.1, -0.05) is 35.9 Å². The highest BCUT2D eigenvalue weighted by Crippen LogP contribution is 2.33. The number of carbonyl (C=O) groups excluding carboxylic acids is 2. The average molecular weight is 596 g/mol. The summed E-state index contributed by atoms with van der Waals surface area (Å²) in [6, 6.07) is 15.9. The summed E-state index contributed by atoms with van der Waals surface area (Å²) in [6.45, 7) is 0.618. The molecule has 1 aliphatic rings. The molecule has 0 radical (unpaired) electrons. The molecular formula is C29H32Cl2N8O2. The molecular weight excluding hydrogens is 563 g/mol. The van der Waals surface area contributed by atoms with Crippen molar-refractivity contribution in [2.45, 2.75) is 38.1 Å². The topological polar surface area (TPSA) is 157 Å². The molecule has 12 heteroatoms. The van der Waals surface area contributed by atoms with Crippen LogP contribution in [-0.4, -0.2) is 50.0 Å². The Morgan fingerprint density at radius 1 is 0.976 bits per heavy atom. The van der Waals surface area contributed by atoms with E-state index in [0.717, 1.165) is 47.9 Å². The van der Waals surface area contributed by atoms with Crippen LogP contribution < -0.4 is 16.4 Å². The van der Waals surface area contributed by atoms with Gasteiger partial charge in [-0.05, 0) is 84.8 Å². The molecule has 0 bridgehead atoms. The van der Waals surface area contributed by atoms with Crippen molar-refractivity contribution in [3.8, 4) is 22.5 Å². The van der Waals surface area contributed by atoms with Gasteiger partial charge in [-0.2, -0.15) is 5.21 Å². The van der Waals surface area contributed by atoms with E-state index in [2.05, 4.69) is 25.6 Å². The van der Waals surface area contributed by atoms with Crippen molar-refractivity contribution in [2.75, 3.05) is 11.4 Å². The summed E-state index contributed by atoms with van der Waals surface area (Å²) in [4.78, 5) is 32.7. The molecule has 0 unspecified atom stereocenters. The van der Waals surface area contributed by atoms with E-state index in [0.29, 0.717) is 29.0 Å². The fraction of sp³-hybridized carbons (Fsp3) is 0.310. The van der Waals surface area contributed by atoms with Crippen molar-refractivity contribution in [3.05, 3.63) is 77.6 Å². The lowest BCUT2D eigenvalue weighted by atomic mass is 9.81. The van der Waals surface area contributed by atoms with Crippen LogP contribution in [-0.2, 0) is 16.0 Å². The van der Waals surface area contributed by atoms with E-state index in [1.54, 1.807) is 41.6 Å². The molecule has 0 aliphatic heterocycles. The first-order chi connectivity index (χ1) is 19.4. The second-order valence-corrected chi connectivity index (χ2v) is 10.6. The zero-order chi connectivity index (χ0) is 28.1. The highest BCUT2D eigenvalue weighted by atomic mass is 35.5. The van der Waals surface area contributed by atoms with Gasteiger partial charge in [-0.15, -0.1) is 22.6 Å². The lowest BCUT2D eigenvalue weighted by molar-refractivity contribution is -0.127. The highest BCUT2D eigenvalue weighted by Gasteiger charge is 2.36. The quantitative estimate of drug-likeness (QED) is 0.262. The maximum Gasteiger partial charge on any atom is 0.240 e. The van der Waals surface area contributed by atoms with E-state index >= 15 is 0 Å². The van der Waals surface area contributed by atoms with Gasteiger partial charge in [0.05, 0.1) is 5.02 Å². The molecule has 1 aliphatic carbocycles. The van der Waals surface area contributed by atoms with Crippen LogP contribution in [0.3, 0.4) is 0 Å². The molecule has 1 fully saturated rings. The number of hydrogen-bond acceptors (Lipinski definition) is 7. The molecule has 2 amide bonds. The minimum atomic E-state index is -0.880. The first-order valence-electron chi connectivity index (χ1n) is 13.3. The van der Waals surface area contributed by atoms with Crippen molar-refractivity contribution >= 4 is 41.5 Å². The van der Waals surface area contributed by atoms with Crippen LogP contribution in [0.1, 0.15) is 31.2 Å². The van der Waals surface area contributed by atoms with Crippen LogP contribution in [0.4, 0.5) is 5.69 Å². The number of rotatable bonds is 9. The number of amides is 2. The van der Waals surface area contributed by atoms with Crippen LogP contribution in [0.2, 0.25) is 5.02 Å². The maximum absolute atomic E-state index is 14.0. The van der Waals surface area contributed by atoms with Crippen molar-refractivity contribution in [1.29, 1.82) is 0 Å². The molecule has 5 rings (SSSR count). The number of nitrogens with one attached hydrogen (secondary N) is 1. The lowest BCUT2D eigenvalue weighted by Crippen LogP contribution is -2.52. The summed E-state index contributed by atoms with van der Waals surface area (Å²) in [5, 5.41) is 14.6. The molecule has 1 saturated carbocycles. The van der Waals surface area contributed by atoms with Crippen LogP contribution in [0.15, 0.2) is 67.0 Å². The van der Waals surface area contributed by atoms with E-state index in [1.807, 2.05) is 30.3 Å². The Bertz CT molecular complexity index is 1440. The highest BCUT2D eigenvalue weighted by molar-refractivity contribution is 6.30. The average Bonchev–Trinajstić information content (AvgIpc) is 3.53. The number of tetrazole rings is 1. The van der Waals surface area contributed by atoms with Gasteiger partial charge in [0, 0.05) is 41.5 Å². The summed E-state index contributed by atoms with van der Waals surface area (Å²) in [5.41, 5.74) is 15.9. The van der Waals surface area contributed by atoms with Gasteiger partial charge < -0.3 is 11.5 Å². The molecule has 1 atom stereocenters. The third kappa shape index (κ3) is 7.08. The summed E-state index contributed by atoms with van der Waals surface area (Å²) >= 11 is 6.10. The van der Waals surface area contributed by atoms with E-state index in [4.69, 9.17) is 23.1 Å². The van der Waals surface area contributed by atoms with Gasteiger partial charge in [0.15, 0.2) is 0 Å². The third-order valence-corrected chi connectivity index (χ3v) is 7.78. The molecule has 5 N–H and O–H groups in total. The first kappa shape index (κ1) is 30.1. The van der Waals surface area contributed by atoms with Crippen molar-refractivity contribution in [1.82, 2.24) is 25.6 Å². The van der Waals surface area contributed by atoms with Crippen LogP contribution in [0, 0.1) is 11.8 Å². The zero-order valence-corrected chi connectivity index (χ0v) is 23.9. The second-order valence-electron chi connectivity index (χ2n) is 10.2. The van der Waals surface area contributed by atoms with Crippen molar-refractivity contribution in [2.24, 2.45) is 23.3 Å². The molecule has 10 nitrogen and oxygen atoms in total. The number of anilines is 1. The van der Waals surface area contributed by atoms with Crippen LogP contribution in [0.5, 0.6) is 0 Å². The number of aromatic amines is 1. The molecule has 2 heterocycles. The number of halogens is 2. The fourth-order valence-corrected chi connectivity index (χ4v) is 5.48. The molecule has 41 heavy (non-hydrogen) atoms. The minimum absolute atomic E-state index is 0. The summed E-state index contributed by atoms with van der Waals surface area (Å²) in [6.07, 6.45) is 6.82. The van der Waals surface area contributed by atoms with E-state index in [-0.39, 0.29) is 30.7 Å². The number of hydrogen-bond donors (Lipinski definition) is 3.